The topological polar surface area (TPSA) is 44.5 Å². The van der Waals surface area contributed by atoms with E-state index in [2.05, 4.69) is 22.0 Å². The quantitative estimate of drug-likeness (QED) is 0.929. The fourth-order valence-corrected chi connectivity index (χ4v) is 2.82. The summed E-state index contributed by atoms with van der Waals surface area (Å²) in [5.41, 5.74) is 8.17. The Hall–Kier alpha value is -0.740. The van der Waals surface area contributed by atoms with E-state index in [-0.39, 0.29) is 5.54 Å². The van der Waals surface area contributed by atoms with Crippen LogP contribution in [0.15, 0.2) is 10.5 Å². The van der Waals surface area contributed by atoms with Gasteiger partial charge in [-0.15, -0.1) is 0 Å². The molecule has 0 aliphatic heterocycles. The average molecular weight is 286 g/mol. The molecule has 1 aromatic rings. The van der Waals surface area contributed by atoms with Crippen molar-refractivity contribution in [3.05, 3.63) is 21.7 Å². The van der Waals surface area contributed by atoms with Crippen molar-refractivity contribution in [1.29, 1.82) is 0 Å². The standard InChI is InChI=1S/C12H16BrNO2/c1-7-6-8(12(14)4-5-12)11(16-3)9(13)10(7)15-2/h6H,4-5,14H2,1-3H3. The van der Waals surface area contributed by atoms with Crippen LogP contribution in [0.4, 0.5) is 0 Å². The second kappa shape index (κ2) is 3.93. The largest absolute Gasteiger partial charge is 0.495 e. The molecule has 2 N–H and O–H groups in total. The van der Waals surface area contributed by atoms with Gasteiger partial charge in [-0.25, -0.2) is 0 Å². The summed E-state index contributed by atoms with van der Waals surface area (Å²) in [6.45, 7) is 2.01. The molecule has 1 saturated carbocycles. The van der Waals surface area contributed by atoms with Gasteiger partial charge in [0.05, 0.1) is 14.2 Å². The predicted molar refractivity (Wildman–Crippen MR) is 67.1 cm³/mol. The Labute approximate surface area is 104 Å². The van der Waals surface area contributed by atoms with E-state index in [0.29, 0.717) is 0 Å². The lowest BCUT2D eigenvalue weighted by atomic mass is 10.0. The lowest BCUT2D eigenvalue weighted by molar-refractivity contribution is 0.381. The summed E-state index contributed by atoms with van der Waals surface area (Å²) in [6.07, 6.45) is 2.03. The Morgan fingerprint density at radius 1 is 1.25 bits per heavy atom. The minimum absolute atomic E-state index is 0.203. The minimum atomic E-state index is -0.203. The highest BCUT2D eigenvalue weighted by atomic mass is 79.9. The van der Waals surface area contributed by atoms with Crippen molar-refractivity contribution in [3.63, 3.8) is 0 Å². The Morgan fingerprint density at radius 3 is 2.25 bits per heavy atom. The Morgan fingerprint density at radius 2 is 1.81 bits per heavy atom. The molecule has 0 radical (unpaired) electrons. The number of benzene rings is 1. The van der Waals surface area contributed by atoms with Gasteiger partial charge in [-0.3, -0.25) is 0 Å². The molecule has 0 heterocycles. The van der Waals surface area contributed by atoms with Gasteiger partial charge in [-0.1, -0.05) is 0 Å². The predicted octanol–water partition coefficient (Wildman–Crippen LogP) is 2.72. The van der Waals surface area contributed by atoms with Gasteiger partial charge in [0, 0.05) is 11.1 Å². The highest BCUT2D eigenvalue weighted by Crippen LogP contribution is 2.51. The van der Waals surface area contributed by atoms with Gasteiger partial charge >= 0.3 is 0 Å². The van der Waals surface area contributed by atoms with Crippen LogP contribution in [0.5, 0.6) is 11.5 Å². The van der Waals surface area contributed by atoms with E-state index in [1.807, 2.05) is 6.92 Å². The highest BCUT2D eigenvalue weighted by Gasteiger charge is 2.43. The number of hydrogen-bond donors (Lipinski definition) is 1. The summed E-state index contributed by atoms with van der Waals surface area (Å²) >= 11 is 3.52. The van der Waals surface area contributed by atoms with Gasteiger partial charge in [0.25, 0.3) is 0 Å². The van der Waals surface area contributed by atoms with Crippen molar-refractivity contribution < 1.29 is 9.47 Å². The zero-order chi connectivity index (χ0) is 11.9. The van der Waals surface area contributed by atoms with Gasteiger partial charge in [0.2, 0.25) is 0 Å². The molecule has 16 heavy (non-hydrogen) atoms. The van der Waals surface area contributed by atoms with Crippen molar-refractivity contribution >= 4 is 15.9 Å². The summed E-state index contributed by atoms with van der Waals surface area (Å²) in [4.78, 5) is 0. The Kier molecular flexibility index (Phi) is 2.88. The highest BCUT2D eigenvalue weighted by molar-refractivity contribution is 9.10. The van der Waals surface area contributed by atoms with Crippen molar-refractivity contribution in [2.24, 2.45) is 5.73 Å². The summed E-state index contributed by atoms with van der Waals surface area (Å²) in [5, 5.41) is 0. The fourth-order valence-electron chi connectivity index (χ4n) is 1.97. The molecule has 1 aromatic carbocycles. The monoisotopic (exact) mass is 285 g/mol. The molecule has 0 spiro atoms. The molecule has 1 fully saturated rings. The van der Waals surface area contributed by atoms with Crippen LogP contribution in [0.25, 0.3) is 0 Å². The molecule has 0 amide bonds. The first kappa shape index (κ1) is 11.7. The second-order valence-electron chi connectivity index (χ2n) is 4.28. The number of halogens is 1. The van der Waals surface area contributed by atoms with Crippen molar-refractivity contribution in [1.82, 2.24) is 0 Å². The molecule has 0 bridgehead atoms. The lowest BCUT2D eigenvalue weighted by Crippen LogP contribution is -2.20. The van der Waals surface area contributed by atoms with Gasteiger partial charge in [0.1, 0.15) is 16.0 Å². The van der Waals surface area contributed by atoms with Crippen molar-refractivity contribution in [2.45, 2.75) is 25.3 Å². The van der Waals surface area contributed by atoms with Crippen LogP contribution >= 0.6 is 15.9 Å². The summed E-state index contributed by atoms with van der Waals surface area (Å²) in [7, 11) is 3.31. The zero-order valence-corrected chi connectivity index (χ0v) is 11.3. The van der Waals surface area contributed by atoms with Gasteiger partial charge in [0.15, 0.2) is 0 Å². The molecule has 4 heteroatoms. The maximum atomic E-state index is 6.23. The fraction of sp³-hybridized carbons (Fsp3) is 0.500. The first-order chi connectivity index (χ1) is 7.53. The molecule has 88 valence electrons. The van der Waals surface area contributed by atoms with Crippen LogP contribution in [0, 0.1) is 6.92 Å². The normalized spacial score (nSPS) is 17.1. The third-order valence-electron chi connectivity index (χ3n) is 3.10. The number of nitrogens with two attached hydrogens (primary N) is 1. The van der Waals surface area contributed by atoms with Crippen LogP contribution < -0.4 is 15.2 Å². The lowest BCUT2D eigenvalue weighted by Gasteiger charge is -2.19. The Bertz CT molecular complexity index is 428. The molecule has 0 atom stereocenters. The smallest absolute Gasteiger partial charge is 0.141 e. The molecule has 1 aliphatic rings. The van der Waals surface area contributed by atoms with Crippen LogP contribution in [0.3, 0.4) is 0 Å². The zero-order valence-electron chi connectivity index (χ0n) is 9.76. The van der Waals surface area contributed by atoms with E-state index < -0.39 is 0 Å². The molecular formula is C12H16BrNO2. The number of aryl methyl sites for hydroxylation is 1. The Balaban J connectivity index is 2.62. The summed E-state index contributed by atoms with van der Waals surface area (Å²) < 4.78 is 11.6. The second-order valence-corrected chi connectivity index (χ2v) is 5.07. The van der Waals surface area contributed by atoms with Gasteiger partial charge < -0.3 is 15.2 Å². The summed E-state index contributed by atoms with van der Waals surface area (Å²) in [6, 6.07) is 2.06. The van der Waals surface area contributed by atoms with E-state index >= 15 is 0 Å². The maximum Gasteiger partial charge on any atom is 0.141 e. The molecule has 0 aromatic heterocycles. The van der Waals surface area contributed by atoms with Gasteiger partial charge in [-0.2, -0.15) is 0 Å². The molecule has 1 aliphatic carbocycles. The first-order valence-electron chi connectivity index (χ1n) is 5.24. The molecule has 3 nitrogen and oxygen atoms in total. The van der Waals surface area contributed by atoms with Crippen LogP contribution in [0.2, 0.25) is 0 Å². The van der Waals surface area contributed by atoms with Crippen molar-refractivity contribution in [2.75, 3.05) is 14.2 Å². The molecule has 0 saturated heterocycles. The van der Waals surface area contributed by atoms with E-state index in [9.17, 15) is 0 Å². The van der Waals surface area contributed by atoms with Crippen LogP contribution in [-0.4, -0.2) is 14.2 Å². The minimum Gasteiger partial charge on any atom is -0.495 e. The van der Waals surface area contributed by atoms with Crippen molar-refractivity contribution in [3.8, 4) is 11.5 Å². The van der Waals surface area contributed by atoms with Crippen LogP contribution in [-0.2, 0) is 5.54 Å². The third kappa shape index (κ3) is 1.70. The molecule has 0 unspecified atom stereocenters. The third-order valence-corrected chi connectivity index (χ3v) is 3.82. The van der Waals surface area contributed by atoms with E-state index in [4.69, 9.17) is 15.2 Å². The average Bonchev–Trinajstić information content (AvgIpc) is 2.98. The van der Waals surface area contributed by atoms with Gasteiger partial charge in [-0.05, 0) is 47.3 Å². The van der Waals surface area contributed by atoms with E-state index in [0.717, 1.165) is 39.9 Å². The van der Waals surface area contributed by atoms with Crippen LogP contribution in [0.1, 0.15) is 24.0 Å². The number of rotatable bonds is 3. The molecule has 2 rings (SSSR count). The molecular weight excluding hydrogens is 270 g/mol. The number of methoxy groups -OCH3 is 2. The maximum absolute atomic E-state index is 6.23. The SMILES string of the molecule is COc1c(C)cc(C2(N)CC2)c(OC)c1Br. The van der Waals surface area contributed by atoms with E-state index in [1.54, 1.807) is 14.2 Å². The first-order valence-corrected chi connectivity index (χ1v) is 6.03. The number of ether oxygens (including phenoxy) is 2. The number of hydrogen-bond acceptors (Lipinski definition) is 3. The summed E-state index contributed by atoms with van der Waals surface area (Å²) in [5.74, 6) is 1.60. The van der Waals surface area contributed by atoms with E-state index in [1.165, 1.54) is 0 Å².